The van der Waals surface area contributed by atoms with Gasteiger partial charge in [-0.3, -0.25) is 10.4 Å². The Bertz CT molecular complexity index is 849. The number of ether oxygens (including phenoxy) is 2. The standard InChI is InChI=1S/C19H20O.C7H15NO5.C2H6/c1-3-4-5-6-8-16-9-7-10-18(15-16)17-11-13-19(20-2)14-12-17;9-6-3-5(1-2-8(11)12)13-4-7(6)10;1-2/h1,7,9-15H,4-6,8H2,2H3;5-7,9-12H,1-4H2;1-2H3. The summed E-state index contributed by atoms with van der Waals surface area (Å²) in [6, 6.07) is 16.9. The van der Waals surface area contributed by atoms with E-state index in [4.69, 9.17) is 31.4 Å². The Morgan fingerprint density at radius 3 is 2.34 bits per heavy atom. The van der Waals surface area contributed by atoms with Gasteiger partial charge in [0, 0.05) is 12.8 Å². The molecule has 1 aliphatic heterocycles. The number of nitrogens with zero attached hydrogens (tertiary/aromatic N) is 1. The summed E-state index contributed by atoms with van der Waals surface area (Å²) in [6.07, 6.45) is 8.41. The molecule has 3 rings (SSSR count). The zero-order valence-corrected chi connectivity index (χ0v) is 21.1. The fourth-order valence-corrected chi connectivity index (χ4v) is 3.55. The van der Waals surface area contributed by atoms with E-state index in [1.54, 1.807) is 7.11 Å². The summed E-state index contributed by atoms with van der Waals surface area (Å²) in [5.74, 6) is 3.58. The quantitative estimate of drug-likeness (QED) is 0.231. The van der Waals surface area contributed by atoms with Gasteiger partial charge in [0.25, 0.3) is 0 Å². The van der Waals surface area contributed by atoms with Crippen molar-refractivity contribution in [3.63, 3.8) is 0 Å². The minimum Gasteiger partial charge on any atom is -0.497 e. The maximum absolute atomic E-state index is 9.24. The van der Waals surface area contributed by atoms with E-state index in [0.717, 1.165) is 31.4 Å². The van der Waals surface area contributed by atoms with Crippen LogP contribution >= 0.6 is 0 Å². The second-order valence-corrected chi connectivity index (χ2v) is 8.05. The van der Waals surface area contributed by atoms with Crippen molar-refractivity contribution in [2.24, 2.45) is 0 Å². The molecule has 2 aromatic rings. The summed E-state index contributed by atoms with van der Waals surface area (Å²) in [6.45, 7) is 4.16. The maximum atomic E-state index is 9.24. The van der Waals surface area contributed by atoms with Crippen molar-refractivity contribution in [3.05, 3.63) is 54.1 Å². The van der Waals surface area contributed by atoms with Crippen LogP contribution in [0.5, 0.6) is 5.75 Å². The first-order chi connectivity index (χ1) is 16.9. The molecule has 0 radical (unpaired) electrons. The second kappa shape index (κ2) is 17.9. The van der Waals surface area contributed by atoms with Gasteiger partial charge >= 0.3 is 0 Å². The Morgan fingerprint density at radius 1 is 1.03 bits per heavy atom. The Labute approximate surface area is 209 Å². The van der Waals surface area contributed by atoms with Crippen molar-refractivity contribution in [3.8, 4) is 29.2 Å². The molecule has 1 aliphatic rings. The largest absolute Gasteiger partial charge is 0.497 e. The van der Waals surface area contributed by atoms with Gasteiger partial charge in [0.1, 0.15) is 11.9 Å². The molecule has 0 spiro atoms. The van der Waals surface area contributed by atoms with Crippen LogP contribution in [0.15, 0.2) is 48.5 Å². The monoisotopic (exact) mass is 487 g/mol. The molecule has 0 amide bonds. The molecule has 2 aromatic carbocycles. The lowest BCUT2D eigenvalue weighted by Gasteiger charge is -2.30. The number of aryl methyl sites for hydroxylation is 1. The van der Waals surface area contributed by atoms with E-state index in [9.17, 15) is 5.11 Å². The Hall–Kier alpha value is -2.44. The summed E-state index contributed by atoms with van der Waals surface area (Å²) in [5.41, 5.74) is 3.84. The van der Waals surface area contributed by atoms with Crippen molar-refractivity contribution in [1.82, 2.24) is 5.23 Å². The fraction of sp³-hybridized carbons (Fsp3) is 0.500. The predicted octanol–water partition coefficient (Wildman–Crippen LogP) is 4.70. The molecule has 1 fully saturated rings. The highest BCUT2D eigenvalue weighted by Crippen LogP contribution is 2.24. The van der Waals surface area contributed by atoms with E-state index in [2.05, 4.69) is 42.3 Å². The Morgan fingerprint density at radius 2 is 1.74 bits per heavy atom. The van der Waals surface area contributed by atoms with Crippen LogP contribution in [0.4, 0.5) is 0 Å². The lowest BCUT2D eigenvalue weighted by Crippen LogP contribution is -2.42. The van der Waals surface area contributed by atoms with E-state index < -0.39 is 12.2 Å². The van der Waals surface area contributed by atoms with Crippen molar-refractivity contribution < 1.29 is 30.1 Å². The first-order valence-electron chi connectivity index (χ1n) is 12.2. The highest BCUT2D eigenvalue weighted by Gasteiger charge is 2.28. The average Bonchev–Trinajstić information content (AvgIpc) is 2.89. The molecule has 1 saturated heterocycles. The van der Waals surface area contributed by atoms with Crippen LogP contribution in [0.3, 0.4) is 0 Å². The van der Waals surface area contributed by atoms with Gasteiger partial charge in [-0.2, -0.15) is 0 Å². The van der Waals surface area contributed by atoms with Gasteiger partial charge in [0.2, 0.25) is 0 Å². The first-order valence-corrected chi connectivity index (χ1v) is 12.2. The molecular formula is C28H41NO6. The zero-order valence-electron chi connectivity index (χ0n) is 21.1. The molecular weight excluding hydrogens is 446 g/mol. The van der Waals surface area contributed by atoms with Gasteiger partial charge in [0.15, 0.2) is 0 Å². The van der Waals surface area contributed by atoms with Crippen LogP contribution in [-0.2, 0) is 11.2 Å². The molecule has 1 heterocycles. The molecule has 35 heavy (non-hydrogen) atoms. The van der Waals surface area contributed by atoms with E-state index in [1.807, 2.05) is 26.0 Å². The number of rotatable bonds is 9. The van der Waals surface area contributed by atoms with Gasteiger partial charge < -0.3 is 19.7 Å². The third-order valence-corrected chi connectivity index (χ3v) is 5.49. The predicted molar refractivity (Wildman–Crippen MR) is 137 cm³/mol. The van der Waals surface area contributed by atoms with Crippen LogP contribution in [-0.4, -0.2) is 64.4 Å². The second-order valence-electron chi connectivity index (χ2n) is 8.05. The molecule has 194 valence electrons. The zero-order chi connectivity index (χ0) is 26.1. The van der Waals surface area contributed by atoms with Gasteiger partial charge in [-0.1, -0.05) is 55.5 Å². The maximum Gasteiger partial charge on any atom is 0.118 e. The highest BCUT2D eigenvalue weighted by molar-refractivity contribution is 5.64. The highest BCUT2D eigenvalue weighted by atomic mass is 16.8. The smallest absolute Gasteiger partial charge is 0.118 e. The molecule has 7 nitrogen and oxygen atoms in total. The van der Waals surface area contributed by atoms with E-state index in [-0.39, 0.29) is 24.5 Å². The number of hydrogen-bond donors (Lipinski definition) is 4. The van der Waals surface area contributed by atoms with Crippen molar-refractivity contribution in [2.75, 3.05) is 20.3 Å². The minimum absolute atomic E-state index is 0.0630. The number of methoxy groups -OCH3 is 1. The lowest BCUT2D eigenvalue weighted by atomic mass is 10.00. The van der Waals surface area contributed by atoms with Crippen molar-refractivity contribution in [2.45, 2.75) is 70.7 Å². The Balaban J connectivity index is 0.000000354. The molecule has 7 heteroatoms. The molecule has 4 N–H and O–H groups in total. The molecule has 0 saturated carbocycles. The molecule has 0 bridgehead atoms. The van der Waals surface area contributed by atoms with Crippen LogP contribution < -0.4 is 4.74 Å². The Kier molecular flexibility index (Phi) is 15.7. The van der Waals surface area contributed by atoms with E-state index in [1.165, 1.54) is 16.7 Å². The number of unbranched alkanes of at least 4 members (excludes halogenated alkanes) is 2. The summed E-state index contributed by atoms with van der Waals surface area (Å²) < 4.78 is 10.3. The number of benzene rings is 2. The summed E-state index contributed by atoms with van der Waals surface area (Å²) in [5, 5.41) is 35.3. The topological polar surface area (TPSA) is 103 Å². The van der Waals surface area contributed by atoms with Crippen LogP contribution in [0.25, 0.3) is 11.1 Å². The fourth-order valence-electron chi connectivity index (χ4n) is 3.55. The van der Waals surface area contributed by atoms with Gasteiger partial charge in [-0.25, -0.2) is 0 Å². The van der Waals surface area contributed by atoms with Gasteiger partial charge in [-0.15, -0.1) is 12.3 Å². The summed E-state index contributed by atoms with van der Waals surface area (Å²) in [7, 11) is 1.69. The van der Waals surface area contributed by atoms with Crippen molar-refractivity contribution in [1.29, 1.82) is 0 Å². The number of aliphatic hydroxyl groups is 2. The van der Waals surface area contributed by atoms with Crippen LogP contribution in [0, 0.1) is 12.3 Å². The third kappa shape index (κ3) is 12.2. The van der Waals surface area contributed by atoms with Gasteiger partial charge in [0.05, 0.1) is 32.5 Å². The molecule has 3 unspecified atom stereocenters. The number of terminal acetylenes is 1. The number of aliphatic hydroxyl groups excluding tert-OH is 2. The van der Waals surface area contributed by atoms with E-state index >= 15 is 0 Å². The average molecular weight is 488 g/mol. The summed E-state index contributed by atoms with van der Waals surface area (Å²) >= 11 is 0. The normalized spacial score (nSPS) is 19.0. The van der Waals surface area contributed by atoms with Crippen molar-refractivity contribution >= 4 is 0 Å². The van der Waals surface area contributed by atoms with E-state index in [0.29, 0.717) is 12.8 Å². The molecule has 0 aromatic heterocycles. The number of hydroxylamine groups is 2. The molecule has 0 aliphatic carbocycles. The lowest BCUT2D eigenvalue weighted by molar-refractivity contribution is -0.309. The third-order valence-electron chi connectivity index (χ3n) is 5.49. The van der Waals surface area contributed by atoms with Gasteiger partial charge in [-0.05, 0) is 54.5 Å². The van der Waals surface area contributed by atoms with Crippen LogP contribution in [0.1, 0.15) is 51.5 Å². The first kappa shape index (κ1) is 30.6. The molecule has 3 atom stereocenters. The minimum atomic E-state index is -0.824. The number of hydrogen-bond acceptors (Lipinski definition) is 7. The summed E-state index contributed by atoms with van der Waals surface area (Å²) in [4.78, 5) is 0. The van der Waals surface area contributed by atoms with Crippen LogP contribution in [0.2, 0.25) is 0 Å². The SMILES string of the molecule is C#CCCCCc1cccc(-c2ccc(OC)cc2)c1.CC.OC1COC(CCN(O)O)CC1O.